The Balaban J connectivity index is 1.69. The number of aromatic nitrogens is 1. The van der Waals surface area contributed by atoms with E-state index in [-0.39, 0.29) is 4.90 Å². The molecule has 0 unspecified atom stereocenters. The van der Waals surface area contributed by atoms with Crippen molar-refractivity contribution in [2.24, 2.45) is 5.92 Å². The molecule has 0 amide bonds. The van der Waals surface area contributed by atoms with E-state index < -0.39 is 10.0 Å². The molecule has 134 valence electrons. The number of sulfonamides is 1. The Labute approximate surface area is 148 Å². The molecule has 2 aromatic rings. The molecule has 0 spiro atoms. The maximum atomic E-state index is 12.4. The number of pyridine rings is 1. The third-order valence-corrected chi connectivity index (χ3v) is 5.87. The van der Waals surface area contributed by atoms with Gasteiger partial charge in [-0.15, -0.1) is 0 Å². The number of hydrogen-bond donors (Lipinski definition) is 1. The minimum atomic E-state index is -3.64. The molecule has 0 saturated carbocycles. The summed E-state index contributed by atoms with van der Waals surface area (Å²) >= 11 is 0. The Kier molecular flexibility index (Phi) is 5.13. The Hall–Kier alpha value is -2.28. The van der Waals surface area contributed by atoms with Crippen molar-refractivity contribution < 1.29 is 13.2 Å². The molecule has 7 heteroatoms. The van der Waals surface area contributed by atoms with Gasteiger partial charge in [0.1, 0.15) is 11.6 Å². The number of anilines is 2. The van der Waals surface area contributed by atoms with Crippen LogP contribution in [0.15, 0.2) is 47.5 Å². The SMILES string of the molecule is COc1ccc(S(=O)(=O)Nc2ccc(N3CCC(C)CC3)nc2)cc1. The summed E-state index contributed by atoms with van der Waals surface area (Å²) in [6.07, 6.45) is 3.88. The Morgan fingerprint density at radius 2 is 1.80 bits per heavy atom. The van der Waals surface area contributed by atoms with Crippen molar-refractivity contribution in [3.05, 3.63) is 42.6 Å². The molecular weight excluding hydrogens is 338 g/mol. The van der Waals surface area contributed by atoms with Gasteiger partial charge in [-0.25, -0.2) is 13.4 Å². The lowest BCUT2D eigenvalue weighted by Crippen LogP contribution is -2.33. The number of ether oxygens (including phenoxy) is 1. The van der Waals surface area contributed by atoms with Crippen molar-refractivity contribution >= 4 is 21.5 Å². The van der Waals surface area contributed by atoms with Crippen molar-refractivity contribution in [3.8, 4) is 5.75 Å². The molecular formula is C18H23N3O3S. The number of hydrogen-bond acceptors (Lipinski definition) is 5. The Morgan fingerprint density at radius 1 is 1.12 bits per heavy atom. The molecule has 1 N–H and O–H groups in total. The van der Waals surface area contributed by atoms with Gasteiger partial charge in [-0.1, -0.05) is 6.92 Å². The third kappa shape index (κ3) is 4.22. The Morgan fingerprint density at radius 3 is 2.36 bits per heavy atom. The number of piperidine rings is 1. The summed E-state index contributed by atoms with van der Waals surface area (Å²) in [6.45, 7) is 4.25. The summed E-state index contributed by atoms with van der Waals surface area (Å²) < 4.78 is 32.5. The molecule has 2 heterocycles. The van der Waals surface area contributed by atoms with E-state index in [4.69, 9.17) is 4.74 Å². The first-order valence-corrected chi connectivity index (χ1v) is 9.84. The fourth-order valence-electron chi connectivity index (χ4n) is 2.84. The second-order valence-electron chi connectivity index (χ2n) is 6.36. The third-order valence-electron chi connectivity index (χ3n) is 4.48. The zero-order valence-corrected chi connectivity index (χ0v) is 15.3. The van der Waals surface area contributed by atoms with Gasteiger partial charge < -0.3 is 9.64 Å². The predicted molar refractivity (Wildman–Crippen MR) is 98.7 cm³/mol. The van der Waals surface area contributed by atoms with Crippen LogP contribution in [0.25, 0.3) is 0 Å². The van der Waals surface area contributed by atoms with Crippen LogP contribution < -0.4 is 14.4 Å². The number of methoxy groups -OCH3 is 1. The van der Waals surface area contributed by atoms with Gasteiger partial charge in [0.05, 0.1) is 23.9 Å². The molecule has 1 aromatic heterocycles. The number of benzene rings is 1. The van der Waals surface area contributed by atoms with Gasteiger partial charge in [-0.3, -0.25) is 4.72 Å². The summed E-state index contributed by atoms with van der Waals surface area (Å²) in [5.41, 5.74) is 0.449. The second-order valence-corrected chi connectivity index (χ2v) is 8.04. The van der Waals surface area contributed by atoms with Gasteiger partial charge in [-0.2, -0.15) is 0 Å². The van der Waals surface area contributed by atoms with E-state index in [0.717, 1.165) is 37.7 Å². The first kappa shape index (κ1) is 17.5. The van der Waals surface area contributed by atoms with Crippen molar-refractivity contribution in [1.82, 2.24) is 4.98 Å². The van der Waals surface area contributed by atoms with Gasteiger partial charge in [-0.05, 0) is 55.2 Å². The van der Waals surface area contributed by atoms with Crippen LogP contribution in [0.1, 0.15) is 19.8 Å². The van der Waals surface area contributed by atoms with E-state index in [0.29, 0.717) is 11.4 Å². The fraction of sp³-hybridized carbons (Fsp3) is 0.389. The highest BCUT2D eigenvalue weighted by atomic mass is 32.2. The van der Waals surface area contributed by atoms with Gasteiger partial charge in [0, 0.05) is 13.1 Å². The van der Waals surface area contributed by atoms with Crippen LogP contribution in [0.3, 0.4) is 0 Å². The fourth-order valence-corrected chi connectivity index (χ4v) is 3.88. The van der Waals surface area contributed by atoms with E-state index in [1.54, 1.807) is 24.4 Å². The molecule has 25 heavy (non-hydrogen) atoms. The largest absolute Gasteiger partial charge is 0.497 e. The van der Waals surface area contributed by atoms with Crippen molar-refractivity contribution in [3.63, 3.8) is 0 Å². The molecule has 3 rings (SSSR count). The second kappa shape index (κ2) is 7.31. The molecule has 0 bridgehead atoms. The topological polar surface area (TPSA) is 71.5 Å². The highest BCUT2D eigenvalue weighted by Gasteiger charge is 2.18. The van der Waals surface area contributed by atoms with Gasteiger partial charge in [0.15, 0.2) is 0 Å². The molecule has 1 aromatic carbocycles. The maximum Gasteiger partial charge on any atom is 0.261 e. The summed E-state index contributed by atoms with van der Waals surface area (Å²) in [4.78, 5) is 6.83. The molecule has 1 aliphatic heterocycles. The van der Waals surface area contributed by atoms with E-state index in [9.17, 15) is 8.42 Å². The number of rotatable bonds is 5. The summed E-state index contributed by atoms with van der Waals surface area (Å²) in [7, 11) is -2.10. The summed E-state index contributed by atoms with van der Waals surface area (Å²) in [5, 5.41) is 0. The van der Waals surface area contributed by atoms with Crippen molar-refractivity contribution in [1.29, 1.82) is 0 Å². The van der Waals surface area contributed by atoms with Crippen LogP contribution in [0.2, 0.25) is 0 Å². The van der Waals surface area contributed by atoms with Gasteiger partial charge >= 0.3 is 0 Å². The lowest BCUT2D eigenvalue weighted by Gasteiger charge is -2.31. The van der Waals surface area contributed by atoms with Crippen molar-refractivity contribution in [2.45, 2.75) is 24.7 Å². The minimum absolute atomic E-state index is 0.183. The minimum Gasteiger partial charge on any atom is -0.497 e. The van der Waals surface area contributed by atoms with Gasteiger partial charge in [0.25, 0.3) is 10.0 Å². The molecule has 1 saturated heterocycles. The van der Waals surface area contributed by atoms with Gasteiger partial charge in [0.2, 0.25) is 0 Å². The Bertz CT molecular complexity index is 796. The van der Waals surface area contributed by atoms with Crippen LogP contribution in [0.5, 0.6) is 5.75 Å². The van der Waals surface area contributed by atoms with Crippen LogP contribution in [-0.4, -0.2) is 33.6 Å². The average molecular weight is 361 g/mol. The van der Waals surface area contributed by atoms with Crippen LogP contribution in [-0.2, 0) is 10.0 Å². The molecule has 1 fully saturated rings. The molecule has 6 nitrogen and oxygen atoms in total. The quantitative estimate of drug-likeness (QED) is 0.886. The number of nitrogens with zero attached hydrogens (tertiary/aromatic N) is 2. The van der Waals surface area contributed by atoms with Crippen molar-refractivity contribution in [2.75, 3.05) is 29.8 Å². The summed E-state index contributed by atoms with van der Waals surface area (Å²) in [6, 6.07) is 9.87. The van der Waals surface area contributed by atoms with E-state index >= 15 is 0 Å². The summed E-state index contributed by atoms with van der Waals surface area (Å²) in [5.74, 6) is 2.26. The normalized spacial score (nSPS) is 15.8. The number of nitrogens with one attached hydrogen (secondary N) is 1. The van der Waals surface area contributed by atoms with Crippen LogP contribution in [0.4, 0.5) is 11.5 Å². The lowest BCUT2D eigenvalue weighted by molar-refractivity contribution is 0.414. The van der Waals surface area contributed by atoms with Crippen LogP contribution >= 0.6 is 0 Å². The molecule has 0 atom stereocenters. The smallest absolute Gasteiger partial charge is 0.261 e. The van der Waals surface area contributed by atoms with E-state index in [2.05, 4.69) is 21.5 Å². The van der Waals surface area contributed by atoms with E-state index in [1.807, 2.05) is 6.07 Å². The lowest BCUT2D eigenvalue weighted by atomic mass is 9.99. The molecule has 0 radical (unpaired) electrons. The van der Waals surface area contributed by atoms with E-state index in [1.165, 1.54) is 19.2 Å². The first-order chi connectivity index (χ1) is 12.0. The molecule has 1 aliphatic rings. The first-order valence-electron chi connectivity index (χ1n) is 8.36. The highest BCUT2D eigenvalue weighted by Crippen LogP contribution is 2.23. The standard InChI is InChI=1S/C18H23N3O3S/c1-14-9-11-21(12-10-14)18-8-3-15(13-19-18)20-25(22,23)17-6-4-16(24-2)5-7-17/h3-8,13-14,20H,9-12H2,1-2H3. The zero-order valence-electron chi connectivity index (χ0n) is 14.5. The predicted octanol–water partition coefficient (Wildman–Crippen LogP) is 3.13. The maximum absolute atomic E-state index is 12.4. The van der Waals surface area contributed by atoms with Crippen LogP contribution in [0, 0.1) is 5.92 Å². The zero-order chi connectivity index (χ0) is 17.9. The molecule has 0 aliphatic carbocycles. The highest BCUT2D eigenvalue weighted by molar-refractivity contribution is 7.92. The average Bonchev–Trinajstić information content (AvgIpc) is 2.63. The monoisotopic (exact) mass is 361 g/mol.